The number of piperidine rings is 1. The van der Waals surface area contributed by atoms with Crippen LogP contribution in [0.5, 0.6) is 0 Å². The van der Waals surface area contributed by atoms with Gasteiger partial charge in [-0.15, -0.1) is 0 Å². The zero-order valence-corrected chi connectivity index (χ0v) is 32.8. The summed E-state index contributed by atoms with van der Waals surface area (Å²) in [5.74, 6) is -0.167. The first-order valence-electron chi connectivity index (χ1n) is 19.5. The standard InChI is InChI=1S/C44H57N3O7/c1-7-52-40(48)30-53-35-18-21-44(5,22-19-35)33-13-10-12-31(26-33)36-20-24-46(42(50)54-43(2,3)4)29-38(36)41(49)47(34-16-17-34)28-32-27-45(23-11-25-51-6)39-15-9-8-14-37(32)39/h8-10,12-15,18-19,21,26-27,34,36,38H,7,11,16-17,20,22-25,28-30H2,1-6H3/t36-,38+,44?/m1/s1. The molecular formula is C44H57N3O7. The van der Waals surface area contributed by atoms with Gasteiger partial charge in [0.15, 0.2) is 6.61 Å². The molecule has 1 saturated carbocycles. The third-order valence-corrected chi connectivity index (χ3v) is 10.8. The van der Waals surface area contributed by atoms with Crippen LogP contribution in [0.3, 0.4) is 0 Å². The van der Waals surface area contributed by atoms with E-state index in [2.05, 4.69) is 77.2 Å². The van der Waals surface area contributed by atoms with Crippen LogP contribution in [-0.2, 0) is 47.0 Å². The van der Waals surface area contributed by atoms with Gasteiger partial charge in [0.1, 0.15) is 11.4 Å². The number of ether oxygens (including phenoxy) is 4. The number of carbonyl (C=O) groups excluding carboxylic acids is 3. The molecule has 3 aromatic rings. The van der Waals surface area contributed by atoms with E-state index >= 15 is 4.79 Å². The zero-order chi connectivity index (χ0) is 38.5. The molecule has 2 aromatic carbocycles. The Kier molecular flexibility index (Phi) is 12.2. The molecule has 0 spiro atoms. The second-order valence-corrected chi connectivity index (χ2v) is 16.1. The van der Waals surface area contributed by atoms with Crippen molar-refractivity contribution in [2.24, 2.45) is 5.92 Å². The average Bonchev–Trinajstić information content (AvgIpc) is 3.94. The van der Waals surface area contributed by atoms with Gasteiger partial charge < -0.3 is 33.3 Å². The molecule has 3 atom stereocenters. The van der Waals surface area contributed by atoms with E-state index in [9.17, 15) is 9.59 Å². The molecule has 3 aliphatic rings. The SMILES string of the molecule is CCOC(=O)COC1=CCC(C)(c2cccc([C@H]3CCN(C(=O)OC(C)(C)C)C[C@@H]3C(=O)N(Cc3cn(CCCOC)c4ccccc34)C3CC3)c2)C=C1. The smallest absolute Gasteiger partial charge is 0.410 e. The lowest BCUT2D eigenvalue weighted by molar-refractivity contribution is -0.147. The topological polar surface area (TPSA) is 99.5 Å². The highest BCUT2D eigenvalue weighted by atomic mass is 16.6. The molecule has 1 aromatic heterocycles. The number of hydrogen-bond acceptors (Lipinski definition) is 7. The summed E-state index contributed by atoms with van der Waals surface area (Å²) in [5, 5.41) is 1.16. The fourth-order valence-corrected chi connectivity index (χ4v) is 7.78. The summed E-state index contributed by atoms with van der Waals surface area (Å²) in [6.45, 7) is 12.6. The lowest BCUT2D eigenvalue weighted by atomic mass is 9.74. The zero-order valence-electron chi connectivity index (χ0n) is 32.8. The van der Waals surface area contributed by atoms with Crippen LogP contribution in [0.1, 0.15) is 89.3 Å². The van der Waals surface area contributed by atoms with Gasteiger partial charge in [-0.1, -0.05) is 55.5 Å². The Morgan fingerprint density at radius 2 is 1.83 bits per heavy atom. The molecule has 2 heterocycles. The third-order valence-electron chi connectivity index (χ3n) is 10.8. The molecule has 0 radical (unpaired) electrons. The first-order valence-corrected chi connectivity index (χ1v) is 19.5. The number of aromatic nitrogens is 1. The molecule has 1 saturated heterocycles. The van der Waals surface area contributed by atoms with Crippen molar-refractivity contribution < 1.29 is 33.3 Å². The van der Waals surface area contributed by atoms with Crippen LogP contribution < -0.4 is 0 Å². The minimum absolute atomic E-state index is 0.0806. The Hall–Kier alpha value is -4.57. The van der Waals surface area contributed by atoms with Crippen molar-refractivity contribution in [3.05, 3.63) is 95.4 Å². The van der Waals surface area contributed by atoms with E-state index in [4.69, 9.17) is 18.9 Å². The summed E-state index contributed by atoms with van der Waals surface area (Å²) in [7, 11) is 1.73. The van der Waals surface area contributed by atoms with Gasteiger partial charge in [0.25, 0.3) is 0 Å². The van der Waals surface area contributed by atoms with Gasteiger partial charge in [0.2, 0.25) is 5.91 Å². The number of rotatable bonds is 14. The number of benzene rings is 2. The third kappa shape index (κ3) is 9.38. The molecule has 1 unspecified atom stereocenters. The first kappa shape index (κ1) is 39.1. The number of allylic oxidation sites excluding steroid dienone is 3. The van der Waals surface area contributed by atoms with E-state index in [1.807, 2.05) is 32.9 Å². The van der Waals surface area contributed by atoms with E-state index < -0.39 is 11.5 Å². The van der Waals surface area contributed by atoms with Crippen LogP contribution in [-0.4, -0.2) is 84.0 Å². The van der Waals surface area contributed by atoms with Crippen molar-refractivity contribution in [2.45, 2.75) is 103 Å². The normalized spacial score (nSPS) is 21.4. The molecule has 10 heteroatoms. The van der Waals surface area contributed by atoms with Gasteiger partial charge in [-0.3, -0.25) is 4.79 Å². The van der Waals surface area contributed by atoms with E-state index in [0.29, 0.717) is 51.4 Å². The summed E-state index contributed by atoms with van der Waals surface area (Å²) in [6, 6.07) is 17.2. The molecule has 54 heavy (non-hydrogen) atoms. The van der Waals surface area contributed by atoms with Crippen LogP contribution >= 0.6 is 0 Å². The Balaban J connectivity index is 1.27. The lowest BCUT2D eigenvalue weighted by Crippen LogP contribution is -2.51. The summed E-state index contributed by atoms with van der Waals surface area (Å²) in [5.41, 5.74) is 3.59. The molecule has 10 nitrogen and oxygen atoms in total. The number of para-hydroxylation sites is 1. The highest BCUT2D eigenvalue weighted by molar-refractivity contribution is 5.86. The fourth-order valence-electron chi connectivity index (χ4n) is 7.78. The monoisotopic (exact) mass is 739 g/mol. The van der Waals surface area contributed by atoms with Gasteiger partial charge in [0.05, 0.1) is 12.5 Å². The minimum Gasteiger partial charge on any atom is -0.482 e. The van der Waals surface area contributed by atoms with Crippen molar-refractivity contribution in [1.29, 1.82) is 0 Å². The quantitative estimate of drug-likeness (QED) is 0.123. The minimum atomic E-state index is -0.638. The molecule has 2 fully saturated rings. The summed E-state index contributed by atoms with van der Waals surface area (Å²) < 4.78 is 24.1. The number of hydrogen-bond donors (Lipinski definition) is 0. The molecule has 6 rings (SSSR count). The molecule has 1 aliphatic heterocycles. The Morgan fingerprint density at radius 1 is 1.04 bits per heavy atom. The number of fused-ring (bicyclic) bond motifs is 1. The molecule has 290 valence electrons. The van der Waals surface area contributed by atoms with Gasteiger partial charge in [-0.25, -0.2) is 9.59 Å². The van der Waals surface area contributed by atoms with Crippen molar-refractivity contribution >= 4 is 28.9 Å². The predicted molar refractivity (Wildman–Crippen MR) is 209 cm³/mol. The average molecular weight is 740 g/mol. The summed E-state index contributed by atoms with van der Waals surface area (Å²) in [4.78, 5) is 44.2. The number of esters is 1. The maximum absolute atomic E-state index is 15.1. The summed E-state index contributed by atoms with van der Waals surface area (Å²) in [6.07, 6.45) is 12.1. The highest BCUT2D eigenvalue weighted by Crippen LogP contribution is 2.41. The van der Waals surface area contributed by atoms with Crippen molar-refractivity contribution in [3.8, 4) is 0 Å². The van der Waals surface area contributed by atoms with Crippen molar-refractivity contribution in [1.82, 2.24) is 14.4 Å². The van der Waals surface area contributed by atoms with E-state index in [1.165, 1.54) is 0 Å². The fraction of sp³-hybridized carbons (Fsp3) is 0.523. The second-order valence-electron chi connectivity index (χ2n) is 16.1. The van der Waals surface area contributed by atoms with Gasteiger partial charge >= 0.3 is 12.1 Å². The maximum atomic E-state index is 15.1. The van der Waals surface area contributed by atoms with E-state index in [-0.39, 0.29) is 42.0 Å². The number of methoxy groups -OCH3 is 1. The number of aryl methyl sites for hydroxylation is 1. The van der Waals surface area contributed by atoms with Crippen LogP contribution in [0.2, 0.25) is 0 Å². The number of carbonyl (C=O) groups is 3. The molecule has 2 aliphatic carbocycles. The lowest BCUT2D eigenvalue weighted by Gasteiger charge is -2.41. The van der Waals surface area contributed by atoms with Crippen LogP contribution in [0.25, 0.3) is 10.9 Å². The van der Waals surface area contributed by atoms with Gasteiger partial charge in [-0.2, -0.15) is 0 Å². The molecule has 0 bridgehead atoms. The molecule has 0 N–H and O–H groups in total. The second kappa shape index (κ2) is 16.8. The predicted octanol–water partition coefficient (Wildman–Crippen LogP) is 7.89. The Bertz CT molecular complexity index is 1870. The molecule has 2 amide bonds. The summed E-state index contributed by atoms with van der Waals surface area (Å²) >= 11 is 0. The van der Waals surface area contributed by atoms with Crippen LogP contribution in [0.15, 0.2) is 78.7 Å². The number of amides is 2. The van der Waals surface area contributed by atoms with Crippen molar-refractivity contribution in [2.75, 3.05) is 40.0 Å². The number of likely N-dealkylation sites (tertiary alicyclic amines) is 1. The van der Waals surface area contributed by atoms with Crippen LogP contribution in [0, 0.1) is 5.92 Å². The Labute approximate surface area is 320 Å². The van der Waals surface area contributed by atoms with Crippen LogP contribution in [0.4, 0.5) is 4.79 Å². The van der Waals surface area contributed by atoms with Crippen molar-refractivity contribution in [3.63, 3.8) is 0 Å². The molecular weight excluding hydrogens is 682 g/mol. The highest BCUT2D eigenvalue weighted by Gasteiger charge is 2.44. The first-order chi connectivity index (χ1) is 25.9. The van der Waals surface area contributed by atoms with Gasteiger partial charge in [-0.05, 0) is 101 Å². The maximum Gasteiger partial charge on any atom is 0.410 e. The number of nitrogens with zero attached hydrogens (tertiary/aromatic N) is 3. The van der Waals surface area contributed by atoms with E-state index in [0.717, 1.165) is 53.4 Å². The Morgan fingerprint density at radius 3 is 2.54 bits per heavy atom. The van der Waals surface area contributed by atoms with E-state index in [1.54, 1.807) is 18.9 Å². The van der Waals surface area contributed by atoms with Gasteiger partial charge in [0, 0.05) is 68.5 Å². The largest absolute Gasteiger partial charge is 0.482 e.